The van der Waals surface area contributed by atoms with Crippen molar-refractivity contribution in [3.63, 3.8) is 0 Å². The first-order chi connectivity index (χ1) is 11.6. The Morgan fingerprint density at radius 1 is 1.21 bits per heavy atom. The molecule has 3 heterocycles. The summed E-state index contributed by atoms with van der Waals surface area (Å²) in [5.41, 5.74) is 1.96. The fourth-order valence-electron chi connectivity index (χ4n) is 3.05. The number of benzene rings is 1. The number of rotatable bonds is 3. The number of aryl methyl sites for hydroxylation is 1. The fraction of sp³-hybridized carbons (Fsp3) is 0.333. The van der Waals surface area contributed by atoms with E-state index in [1.54, 1.807) is 11.3 Å². The maximum absolute atomic E-state index is 6.09. The Kier molecular flexibility index (Phi) is 3.86. The zero-order chi connectivity index (χ0) is 16.6. The highest BCUT2D eigenvalue weighted by molar-refractivity contribution is 7.18. The van der Waals surface area contributed by atoms with Crippen molar-refractivity contribution in [2.45, 2.75) is 12.5 Å². The first-order valence-electron chi connectivity index (χ1n) is 8.03. The van der Waals surface area contributed by atoms with Gasteiger partial charge in [-0.3, -0.25) is 4.68 Å². The Labute approximate surface area is 145 Å². The third-order valence-electron chi connectivity index (χ3n) is 4.41. The van der Waals surface area contributed by atoms with E-state index in [-0.39, 0.29) is 5.60 Å². The zero-order valence-electron chi connectivity index (χ0n) is 13.8. The Balaban J connectivity index is 1.58. The van der Waals surface area contributed by atoms with Crippen LogP contribution in [0.4, 0.5) is 5.13 Å². The Morgan fingerprint density at radius 3 is 2.79 bits per heavy atom. The van der Waals surface area contributed by atoms with Crippen molar-refractivity contribution < 1.29 is 4.74 Å². The monoisotopic (exact) mass is 340 g/mol. The van der Waals surface area contributed by atoms with E-state index in [9.17, 15) is 0 Å². The molecule has 0 bridgehead atoms. The lowest BCUT2D eigenvalue weighted by Gasteiger charge is -2.40. The van der Waals surface area contributed by atoms with Gasteiger partial charge in [0.1, 0.15) is 5.60 Å². The second kappa shape index (κ2) is 6.03. The van der Waals surface area contributed by atoms with Crippen molar-refractivity contribution in [3.05, 3.63) is 54.5 Å². The normalized spacial score (nSPS) is 21.2. The van der Waals surface area contributed by atoms with Gasteiger partial charge in [-0.05, 0) is 12.5 Å². The summed E-state index contributed by atoms with van der Waals surface area (Å²) < 4.78 is 7.91. The van der Waals surface area contributed by atoms with E-state index in [2.05, 4.69) is 46.2 Å². The van der Waals surface area contributed by atoms with E-state index in [0.717, 1.165) is 23.8 Å². The number of nitrogens with zero attached hydrogens (tertiary/aromatic N) is 4. The quantitative estimate of drug-likeness (QED) is 0.734. The maximum atomic E-state index is 6.09. The molecule has 3 aromatic rings. The summed E-state index contributed by atoms with van der Waals surface area (Å²) in [4.78, 5) is 8.16. The molecular weight excluding hydrogens is 320 g/mol. The van der Waals surface area contributed by atoms with Crippen molar-refractivity contribution in [2.75, 3.05) is 24.6 Å². The van der Waals surface area contributed by atoms with E-state index in [1.807, 2.05) is 36.4 Å². The number of hydrogen-bond donors (Lipinski definition) is 0. The van der Waals surface area contributed by atoms with Crippen molar-refractivity contribution in [2.24, 2.45) is 7.05 Å². The molecule has 0 amide bonds. The molecule has 124 valence electrons. The second-order valence-corrected chi connectivity index (χ2v) is 7.29. The number of hydrogen-bond acceptors (Lipinski definition) is 5. The second-order valence-electron chi connectivity index (χ2n) is 6.28. The Bertz CT molecular complexity index is 828. The van der Waals surface area contributed by atoms with Crippen LogP contribution in [0, 0.1) is 0 Å². The van der Waals surface area contributed by atoms with E-state index in [4.69, 9.17) is 4.74 Å². The summed E-state index contributed by atoms with van der Waals surface area (Å²) in [5.74, 6) is 0. The predicted molar refractivity (Wildman–Crippen MR) is 96.3 cm³/mol. The number of ether oxygens (including phenoxy) is 1. The van der Waals surface area contributed by atoms with Crippen LogP contribution in [0.5, 0.6) is 0 Å². The van der Waals surface area contributed by atoms with Crippen LogP contribution in [0.15, 0.2) is 48.9 Å². The van der Waals surface area contributed by atoms with Crippen LogP contribution >= 0.6 is 11.3 Å². The zero-order valence-corrected chi connectivity index (χ0v) is 14.7. The molecule has 0 radical (unpaired) electrons. The van der Waals surface area contributed by atoms with Crippen LogP contribution in [-0.4, -0.2) is 34.5 Å². The van der Waals surface area contributed by atoms with Crippen molar-refractivity contribution in [1.29, 1.82) is 0 Å². The van der Waals surface area contributed by atoms with Gasteiger partial charge < -0.3 is 9.64 Å². The van der Waals surface area contributed by atoms with Gasteiger partial charge in [0, 0.05) is 31.5 Å². The maximum Gasteiger partial charge on any atom is 0.186 e. The summed E-state index contributed by atoms with van der Waals surface area (Å²) >= 11 is 1.73. The third kappa shape index (κ3) is 2.83. The average Bonchev–Trinajstić information content (AvgIpc) is 3.25. The smallest absolute Gasteiger partial charge is 0.186 e. The minimum atomic E-state index is -0.356. The van der Waals surface area contributed by atoms with Crippen molar-refractivity contribution in [3.8, 4) is 10.4 Å². The molecule has 0 spiro atoms. The number of thiazole rings is 1. The Morgan fingerprint density at radius 2 is 2.04 bits per heavy atom. The lowest BCUT2D eigenvalue weighted by Crippen LogP contribution is -2.48. The molecule has 0 N–H and O–H groups in total. The van der Waals surface area contributed by atoms with Gasteiger partial charge in [-0.15, -0.1) is 0 Å². The molecule has 1 saturated heterocycles. The minimum absolute atomic E-state index is 0.356. The van der Waals surface area contributed by atoms with Gasteiger partial charge in [-0.1, -0.05) is 41.7 Å². The van der Waals surface area contributed by atoms with Crippen molar-refractivity contribution in [1.82, 2.24) is 14.8 Å². The number of anilines is 1. The van der Waals surface area contributed by atoms with Gasteiger partial charge in [0.2, 0.25) is 0 Å². The van der Waals surface area contributed by atoms with Crippen LogP contribution < -0.4 is 4.90 Å². The van der Waals surface area contributed by atoms with Crippen LogP contribution in [0.1, 0.15) is 12.5 Å². The van der Waals surface area contributed by atoms with Gasteiger partial charge in [0.05, 0.1) is 24.2 Å². The first-order valence-corrected chi connectivity index (χ1v) is 8.85. The molecule has 5 nitrogen and oxygen atoms in total. The summed E-state index contributed by atoms with van der Waals surface area (Å²) in [6.45, 7) is 4.45. The minimum Gasteiger partial charge on any atom is -0.367 e. The molecule has 1 aromatic carbocycles. The van der Waals surface area contributed by atoms with Gasteiger partial charge in [-0.2, -0.15) is 5.10 Å². The van der Waals surface area contributed by atoms with Gasteiger partial charge in [-0.25, -0.2) is 4.98 Å². The van der Waals surface area contributed by atoms with Crippen molar-refractivity contribution >= 4 is 16.5 Å². The molecule has 1 fully saturated rings. The van der Waals surface area contributed by atoms with Crippen LogP contribution in [0.25, 0.3) is 10.4 Å². The average molecular weight is 340 g/mol. The van der Waals surface area contributed by atoms with Gasteiger partial charge in [0.25, 0.3) is 0 Å². The van der Waals surface area contributed by atoms with Crippen LogP contribution in [0.2, 0.25) is 0 Å². The fourth-order valence-corrected chi connectivity index (χ4v) is 4.00. The standard InChI is InChI=1S/C18H20N4OS/c1-18(15-10-20-21(2)12-15)13-22(8-9-23-18)17-19-11-16(24-17)14-6-4-3-5-7-14/h3-7,10-12H,8-9,13H2,1-2H3. The highest BCUT2D eigenvalue weighted by atomic mass is 32.1. The largest absolute Gasteiger partial charge is 0.367 e. The van der Waals surface area contributed by atoms with E-state index in [0.29, 0.717) is 6.61 Å². The summed E-state index contributed by atoms with van der Waals surface area (Å²) in [6, 6.07) is 10.4. The SMILES string of the molecule is Cn1cc(C2(C)CN(c3ncc(-c4ccccc4)s3)CCO2)cn1. The molecule has 4 rings (SSSR count). The molecular formula is C18H20N4OS. The van der Waals surface area contributed by atoms with E-state index >= 15 is 0 Å². The number of aromatic nitrogens is 3. The summed E-state index contributed by atoms with van der Waals surface area (Å²) in [5, 5.41) is 5.33. The summed E-state index contributed by atoms with van der Waals surface area (Å²) in [6.07, 6.45) is 5.88. The van der Waals surface area contributed by atoms with E-state index in [1.165, 1.54) is 10.4 Å². The first kappa shape index (κ1) is 15.4. The Hall–Kier alpha value is -2.18. The number of morpholine rings is 1. The molecule has 0 aliphatic carbocycles. The molecule has 1 atom stereocenters. The molecule has 2 aromatic heterocycles. The lowest BCUT2D eigenvalue weighted by molar-refractivity contribution is -0.0466. The molecule has 1 unspecified atom stereocenters. The molecule has 1 aliphatic heterocycles. The third-order valence-corrected chi connectivity index (χ3v) is 5.52. The van der Waals surface area contributed by atoms with Crippen LogP contribution in [-0.2, 0) is 17.4 Å². The lowest BCUT2D eigenvalue weighted by atomic mass is 9.97. The van der Waals surface area contributed by atoms with Crippen LogP contribution in [0.3, 0.4) is 0 Å². The van der Waals surface area contributed by atoms with E-state index < -0.39 is 0 Å². The van der Waals surface area contributed by atoms with Gasteiger partial charge >= 0.3 is 0 Å². The molecule has 1 aliphatic rings. The molecule has 0 saturated carbocycles. The predicted octanol–water partition coefficient (Wildman–Crippen LogP) is 3.30. The highest BCUT2D eigenvalue weighted by Crippen LogP contribution is 2.35. The van der Waals surface area contributed by atoms with Gasteiger partial charge in [0.15, 0.2) is 5.13 Å². The highest BCUT2D eigenvalue weighted by Gasteiger charge is 2.36. The molecule has 24 heavy (non-hydrogen) atoms. The topological polar surface area (TPSA) is 43.2 Å². The summed E-state index contributed by atoms with van der Waals surface area (Å²) in [7, 11) is 1.93. The molecule has 6 heteroatoms.